The normalized spacial score (nSPS) is 13.8. The van der Waals surface area contributed by atoms with Crippen LogP contribution in [0.1, 0.15) is 16.1 Å². The Kier molecular flexibility index (Phi) is 6.53. The average Bonchev–Trinajstić information content (AvgIpc) is 3.31. The molecule has 0 atom stereocenters. The minimum Gasteiger partial charge on any atom is -0.467 e. The molecule has 1 aromatic heterocycles. The molecule has 3 aromatic rings. The van der Waals surface area contributed by atoms with Gasteiger partial charge in [-0.25, -0.2) is 0 Å². The number of amides is 1. The van der Waals surface area contributed by atoms with Gasteiger partial charge in [0, 0.05) is 43.0 Å². The lowest BCUT2D eigenvalue weighted by Gasteiger charge is -2.36. The van der Waals surface area contributed by atoms with Crippen LogP contribution in [-0.4, -0.2) is 41.9 Å². The summed E-state index contributed by atoms with van der Waals surface area (Å²) in [7, 11) is 0. The van der Waals surface area contributed by atoms with Crippen LogP contribution in [0.4, 0.5) is 17.1 Å². The van der Waals surface area contributed by atoms with Crippen LogP contribution in [0.15, 0.2) is 59.2 Å². The number of nitrogens with one attached hydrogen (secondary N) is 1. The number of carbonyl (C=O) groups excluding carboxylic acids is 1. The molecule has 32 heavy (non-hydrogen) atoms. The molecular formula is C22H20Cl2N4O4. The lowest BCUT2D eigenvalue weighted by atomic mass is 10.1. The highest BCUT2D eigenvalue weighted by Crippen LogP contribution is 2.31. The molecule has 10 heteroatoms. The van der Waals surface area contributed by atoms with Crippen molar-refractivity contribution in [2.24, 2.45) is 0 Å². The van der Waals surface area contributed by atoms with E-state index in [2.05, 4.69) is 10.2 Å². The number of nitro benzene ring substituents is 1. The fourth-order valence-electron chi connectivity index (χ4n) is 3.62. The second-order valence-electron chi connectivity index (χ2n) is 7.29. The molecule has 1 aliphatic heterocycles. The molecule has 1 fully saturated rings. The number of carbonyl (C=O) groups is 1. The second kappa shape index (κ2) is 9.50. The quantitative estimate of drug-likeness (QED) is 0.396. The van der Waals surface area contributed by atoms with E-state index in [1.54, 1.807) is 53.6 Å². The van der Waals surface area contributed by atoms with Gasteiger partial charge in [0.15, 0.2) is 0 Å². The van der Waals surface area contributed by atoms with Gasteiger partial charge in [0.25, 0.3) is 11.6 Å². The van der Waals surface area contributed by atoms with E-state index in [9.17, 15) is 14.9 Å². The fraction of sp³-hybridized carbons (Fsp3) is 0.227. The molecular weight excluding hydrogens is 455 g/mol. The topological polar surface area (TPSA) is 91.9 Å². The number of piperazine rings is 1. The van der Waals surface area contributed by atoms with Gasteiger partial charge in [-0.3, -0.25) is 14.9 Å². The van der Waals surface area contributed by atoms with Crippen molar-refractivity contribution < 1.29 is 14.1 Å². The van der Waals surface area contributed by atoms with Crippen LogP contribution in [0, 0.1) is 10.1 Å². The molecule has 0 saturated carbocycles. The number of rotatable bonds is 6. The van der Waals surface area contributed by atoms with Gasteiger partial charge in [0.1, 0.15) is 11.4 Å². The van der Waals surface area contributed by atoms with E-state index < -0.39 is 4.92 Å². The van der Waals surface area contributed by atoms with Gasteiger partial charge >= 0.3 is 0 Å². The zero-order valence-corrected chi connectivity index (χ0v) is 18.5. The van der Waals surface area contributed by atoms with Gasteiger partial charge in [0.2, 0.25) is 0 Å². The summed E-state index contributed by atoms with van der Waals surface area (Å²) in [5.41, 5.74) is 1.67. The third-order valence-electron chi connectivity index (χ3n) is 5.30. The van der Waals surface area contributed by atoms with E-state index in [-0.39, 0.29) is 11.6 Å². The monoisotopic (exact) mass is 474 g/mol. The first-order chi connectivity index (χ1) is 15.4. The van der Waals surface area contributed by atoms with Crippen molar-refractivity contribution in [1.29, 1.82) is 0 Å². The van der Waals surface area contributed by atoms with Gasteiger partial charge < -0.3 is 19.5 Å². The Bertz CT molecular complexity index is 1130. The number of hydrogen-bond acceptors (Lipinski definition) is 6. The third-order valence-corrected chi connectivity index (χ3v) is 5.85. The summed E-state index contributed by atoms with van der Waals surface area (Å²) < 4.78 is 5.29. The van der Waals surface area contributed by atoms with Gasteiger partial charge in [-0.15, -0.1) is 0 Å². The van der Waals surface area contributed by atoms with Crippen LogP contribution in [0.25, 0.3) is 0 Å². The number of benzene rings is 2. The van der Waals surface area contributed by atoms with Crippen LogP contribution in [0.3, 0.4) is 0 Å². The molecule has 0 bridgehead atoms. The SMILES string of the molecule is O=C(c1ccc(Cl)cc1Cl)N1CCN(c2ccc([N+](=O)[O-])c(NCc3ccco3)c2)CC1. The first kappa shape index (κ1) is 22.0. The molecule has 0 unspecified atom stereocenters. The van der Waals surface area contributed by atoms with Crippen LogP contribution in [0.5, 0.6) is 0 Å². The van der Waals surface area contributed by atoms with Crippen LogP contribution in [0.2, 0.25) is 10.0 Å². The molecule has 1 saturated heterocycles. The summed E-state index contributed by atoms with van der Waals surface area (Å²) in [6.07, 6.45) is 1.56. The van der Waals surface area contributed by atoms with Crippen molar-refractivity contribution >= 4 is 46.2 Å². The number of halogens is 2. The molecule has 1 N–H and O–H groups in total. The fourth-order valence-corrected chi connectivity index (χ4v) is 4.11. The largest absolute Gasteiger partial charge is 0.467 e. The van der Waals surface area contributed by atoms with Gasteiger partial charge in [-0.1, -0.05) is 23.2 Å². The minimum absolute atomic E-state index is 0.00787. The molecule has 0 aliphatic carbocycles. The van der Waals surface area contributed by atoms with Crippen LogP contribution in [-0.2, 0) is 6.54 Å². The number of nitro groups is 1. The molecule has 2 heterocycles. The van der Waals surface area contributed by atoms with Crippen LogP contribution < -0.4 is 10.2 Å². The Morgan fingerprint density at radius 2 is 1.88 bits per heavy atom. The van der Waals surface area contributed by atoms with E-state index in [0.717, 1.165) is 5.69 Å². The Morgan fingerprint density at radius 1 is 1.09 bits per heavy atom. The standard InChI is InChI=1S/C22H20Cl2N4O4/c23-15-3-5-18(19(24)12-15)22(29)27-9-7-26(8-10-27)16-4-6-21(28(30)31)20(13-16)25-14-17-2-1-11-32-17/h1-6,11-13,25H,7-10,14H2. The first-order valence-corrected chi connectivity index (χ1v) is 10.7. The smallest absolute Gasteiger partial charge is 0.292 e. The van der Waals surface area contributed by atoms with Crippen molar-refractivity contribution in [1.82, 2.24) is 4.90 Å². The lowest BCUT2D eigenvalue weighted by Crippen LogP contribution is -2.48. The number of furan rings is 1. The van der Waals surface area contributed by atoms with E-state index >= 15 is 0 Å². The van der Waals surface area contributed by atoms with Crippen molar-refractivity contribution in [3.05, 3.63) is 86.3 Å². The molecule has 4 rings (SSSR count). The number of nitrogens with zero attached hydrogens (tertiary/aromatic N) is 3. The lowest BCUT2D eigenvalue weighted by molar-refractivity contribution is -0.384. The highest BCUT2D eigenvalue weighted by Gasteiger charge is 2.25. The Hall–Kier alpha value is -3.23. The van der Waals surface area contributed by atoms with E-state index in [0.29, 0.717) is 59.8 Å². The average molecular weight is 475 g/mol. The van der Waals surface area contributed by atoms with Crippen LogP contribution >= 0.6 is 23.2 Å². The molecule has 0 radical (unpaired) electrons. The molecule has 0 spiro atoms. The molecule has 1 amide bonds. The molecule has 166 valence electrons. The van der Waals surface area contributed by atoms with Crippen molar-refractivity contribution in [2.75, 3.05) is 36.4 Å². The highest BCUT2D eigenvalue weighted by atomic mass is 35.5. The Balaban J connectivity index is 1.45. The molecule has 1 aliphatic rings. The van der Waals surface area contributed by atoms with E-state index in [1.165, 1.54) is 6.07 Å². The summed E-state index contributed by atoms with van der Waals surface area (Å²) in [6, 6.07) is 13.4. The Morgan fingerprint density at radius 3 is 2.53 bits per heavy atom. The predicted molar refractivity (Wildman–Crippen MR) is 124 cm³/mol. The number of hydrogen-bond donors (Lipinski definition) is 1. The predicted octanol–water partition coefficient (Wildman–Crippen LogP) is 5.07. The third kappa shape index (κ3) is 4.81. The van der Waals surface area contributed by atoms with E-state index in [4.69, 9.17) is 27.6 Å². The first-order valence-electron chi connectivity index (χ1n) is 9.96. The van der Waals surface area contributed by atoms with Crippen molar-refractivity contribution in [3.8, 4) is 0 Å². The summed E-state index contributed by atoms with van der Waals surface area (Å²) in [5.74, 6) is 0.536. The summed E-state index contributed by atoms with van der Waals surface area (Å²) in [5, 5.41) is 15.3. The van der Waals surface area contributed by atoms with Gasteiger partial charge in [-0.2, -0.15) is 0 Å². The molecule has 8 nitrogen and oxygen atoms in total. The maximum absolute atomic E-state index is 12.8. The summed E-state index contributed by atoms with van der Waals surface area (Å²) in [6.45, 7) is 2.52. The second-order valence-corrected chi connectivity index (χ2v) is 8.14. The zero-order chi connectivity index (χ0) is 22.7. The highest BCUT2D eigenvalue weighted by molar-refractivity contribution is 6.36. The zero-order valence-electron chi connectivity index (χ0n) is 17.0. The molecule has 2 aromatic carbocycles. The maximum atomic E-state index is 12.8. The van der Waals surface area contributed by atoms with Gasteiger partial charge in [0.05, 0.1) is 28.3 Å². The van der Waals surface area contributed by atoms with Gasteiger partial charge in [-0.05, 0) is 42.5 Å². The Labute approximate surface area is 194 Å². The minimum atomic E-state index is -0.416. The maximum Gasteiger partial charge on any atom is 0.292 e. The summed E-state index contributed by atoms with van der Waals surface area (Å²) in [4.78, 5) is 27.7. The van der Waals surface area contributed by atoms with Crippen molar-refractivity contribution in [3.63, 3.8) is 0 Å². The summed E-state index contributed by atoms with van der Waals surface area (Å²) >= 11 is 12.1. The number of anilines is 2. The van der Waals surface area contributed by atoms with Crippen molar-refractivity contribution in [2.45, 2.75) is 6.54 Å². The van der Waals surface area contributed by atoms with E-state index in [1.807, 2.05) is 0 Å².